The monoisotopic (exact) mass is 319 g/mol. The molecule has 20 heavy (non-hydrogen) atoms. The van der Waals surface area contributed by atoms with Crippen LogP contribution in [0.25, 0.3) is 0 Å². The minimum absolute atomic E-state index is 0.152. The summed E-state index contributed by atoms with van der Waals surface area (Å²) >= 11 is 0. The van der Waals surface area contributed by atoms with E-state index < -0.39 is 28.2 Å². The molecule has 1 saturated heterocycles. The van der Waals surface area contributed by atoms with E-state index in [1.165, 1.54) is 0 Å². The molecule has 10 heteroatoms. The van der Waals surface area contributed by atoms with E-state index in [1.807, 2.05) is 6.92 Å². The van der Waals surface area contributed by atoms with Gasteiger partial charge < -0.3 is 10.1 Å². The minimum atomic E-state index is -5.23. The molecule has 118 valence electrons. The summed E-state index contributed by atoms with van der Waals surface area (Å²) in [6, 6.07) is 0. The van der Waals surface area contributed by atoms with Crippen LogP contribution >= 0.6 is 0 Å². The molecule has 0 aromatic carbocycles. The van der Waals surface area contributed by atoms with Crippen molar-refractivity contribution in [3.8, 4) is 0 Å². The zero-order valence-corrected chi connectivity index (χ0v) is 11.6. The molecule has 1 heterocycles. The van der Waals surface area contributed by atoms with Crippen molar-refractivity contribution in [1.29, 1.82) is 0 Å². The Labute approximate surface area is 114 Å². The van der Waals surface area contributed by atoms with Crippen molar-refractivity contribution in [3.05, 3.63) is 0 Å². The second-order valence-electron chi connectivity index (χ2n) is 4.93. The number of hydrogen-bond donors (Lipinski definition) is 1. The second kappa shape index (κ2) is 6.27. The Kier molecular flexibility index (Phi) is 5.39. The molecule has 0 spiro atoms. The number of hydrogen-bond acceptors (Lipinski definition) is 6. The molecule has 1 aliphatic rings. The standard InChI is InChI=1S/C10H16F3NO5S/c1-9(2-4-14-5-3-9)6-19-20(16,17)7-18-8(15)10(11,12)13/h14H,2-7H2,1H3. The predicted octanol–water partition coefficient (Wildman–Crippen LogP) is 0.786. The number of carbonyl (C=O) groups is 1. The fourth-order valence-electron chi connectivity index (χ4n) is 1.65. The Hall–Kier alpha value is -0.870. The molecule has 1 rings (SSSR count). The lowest BCUT2D eigenvalue weighted by Crippen LogP contribution is -2.38. The molecular weight excluding hydrogens is 303 g/mol. The van der Waals surface area contributed by atoms with Crippen LogP contribution in [0.3, 0.4) is 0 Å². The third-order valence-electron chi connectivity index (χ3n) is 2.96. The molecule has 1 aliphatic heterocycles. The lowest BCUT2D eigenvalue weighted by Gasteiger charge is -2.33. The van der Waals surface area contributed by atoms with Gasteiger partial charge in [-0.3, -0.25) is 4.18 Å². The minimum Gasteiger partial charge on any atom is -0.440 e. The van der Waals surface area contributed by atoms with E-state index in [4.69, 9.17) is 0 Å². The Morgan fingerprint density at radius 3 is 2.35 bits per heavy atom. The number of ether oxygens (including phenoxy) is 1. The van der Waals surface area contributed by atoms with Gasteiger partial charge in [-0.2, -0.15) is 21.6 Å². The third-order valence-corrected chi connectivity index (χ3v) is 3.85. The highest BCUT2D eigenvalue weighted by molar-refractivity contribution is 7.86. The maximum atomic E-state index is 11.8. The number of halogens is 3. The second-order valence-corrected chi connectivity index (χ2v) is 6.51. The zero-order chi connectivity index (χ0) is 15.4. The van der Waals surface area contributed by atoms with E-state index in [0.29, 0.717) is 25.9 Å². The van der Waals surface area contributed by atoms with Crippen molar-refractivity contribution >= 4 is 16.1 Å². The molecule has 0 amide bonds. The first-order valence-electron chi connectivity index (χ1n) is 5.86. The smallest absolute Gasteiger partial charge is 0.440 e. The van der Waals surface area contributed by atoms with Crippen LogP contribution in [-0.4, -0.2) is 46.2 Å². The Bertz CT molecular complexity index is 442. The highest BCUT2D eigenvalue weighted by Gasteiger charge is 2.42. The molecule has 0 aromatic rings. The van der Waals surface area contributed by atoms with Crippen LogP contribution in [0.4, 0.5) is 13.2 Å². The number of carbonyl (C=O) groups excluding carboxylic acids is 1. The molecule has 1 fully saturated rings. The number of rotatable bonds is 5. The average molecular weight is 319 g/mol. The van der Waals surface area contributed by atoms with Gasteiger partial charge in [-0.15, -0.1) is 0 Å². The van der Waals surface area contributed by atoms with Gasteiger partial charge in [-0.1, -0.05) is 6.92 Å². The maximum absolute atomic E-state index is 11.8. The van der Waals surface area contributed by atoms with Gasteiger partial charge >= 0.3 is 22.3 Å². The zero-order valence-electron chi connectivity index (χ0n) is 10.8. The van der Waals surface area contributed by atoms with Gasteiger partial charge in [0.05, 0.1) is 6.61 Å². The average Bonchev–Trinajstić information content (AvgIpc) is 2.34. The summed E-state index contributed by atoms with van der Waals surface area (Å²) in [6.45, 7) is 3.09. The van der Waals surface area contributed by atoms with Crippen LogP contribution in [-0.2, 0) is 23.8 Å². The van der Waals surface area contributed by atoms with Gasteiger partial charge in [-0.25, -0.2) is 4.79 Å². The maximum Gasteiger partial charge on any atom is 0.490 e. The van der Waals surface area contributed by atoms with Crippen molar-refractivity contribution in [2.45, 2.75) is 25.9 Å². The van der Waals surface area contributed by atoms with Crippen molar-refractivity contribution in [1.82, 2.24) is 5.32 Å². The molecule has 0 unspecified atom stereocenters. The Morgan fingerprint density at radius 1 is 1.30 bits per heavy atom. The van der Waals surface area contributed by atoms with Crippen molar-refractivity contribution in [2.75, 3.05) is 25.6 Å². The summed E-state index contributed by atoms with van der Waals surface area (Å²) in [5.74, 6) is -4.00. The molecule has 0 aromatic heterocycles. The van der Waals surface area contributed by atoms with Gasteiger partial charge in [0.25, 0.3) is 0 Å². The first kappa shape index (κ1) is 17.2. The van der Waals surface area contributed by atoms with E-state index in [-0.39, 0.29) is 12.0 Å². The molecule has 6 nitrogen and oxygen atoms in total. The van der Waals surface area contributed by atoms with Gasteiger partial charge in [0, 0.05) is 0 Å². The van der Waals surface area contributed by atoms with Crippen molar-refractivity contribution < 1.29 is 35.3 Å². The van der Waals surface area contributed by atoms with Crippen LogP contribution < -0.4 is 5.32 Å². The molecule has 0 bridgehead atoms. The summed E-state index contributed by atoms with van der Waals surface area (Å²) in [5.41, 5.74) is -0.369. The third kappa shape index (κ3) is 5.63. The van der Waals surface area contributed by atoms with Crippen LogP contribution in [0, 0.1) is 5.41 Å². The molecule has 1 N–H and O–H groups in total. The predicted molar refractivity (Wildman–Crippen MR) is 62.1 cm³/mol. The quantitative estimate of drug-likeness (QED) is 0.596. The molecule has 0 radical (unpaired) electrons. The number of alkyl halides is 3. The Balaban J connectivity index is 2.44. The van der Waals surface area contributed by atoms with Gasteiger partial charge in [0.2, 0.25) is 5.94 Å². The fraction of sp³-hybridized carbons (Fsp3) is 0.900. The van der Waals surface area contributed by atoms with E-state index in [1.54, 1.807) is 0 Å². The highest BCUT2D eigenvalue weighted by atomic mass is 32.2. The molecule has 0 aliphatic carbocycles. The van der Waals surface area contributed by atoms with E-state index >= 15 is 0 Å². The lowest BCUT2D eigenvalue weighted by atomic mass is 9.82. The van der Waals surface area contributed by atoms with Crippen molar-refractivity contribution in [2.24, 2.45) is 5.41 Å². The van der Waals surface area contributed by atoms with E-state index in [2.05, 4.69) is 14.2 Å². The summed E-state index contributed by atoms with van der Waals surface area (Å²) in [5, 5.41) is 3.09. The molecule has 0 saturated carbocycles. The Morgan fingerprint density at radius 2 is 1.85 bits per heavy atom. The van der Waals surface area contributed by atoms with Crippen molar-refractivity contribution in [3.63, 3.8) is 0 Å². The summed E-state index contributed by atoms with van der Waals surface area (Å²) in [6.07, 6.45) is -3.85. The van der Waals surface area contributed by atoms with Gasteiger partial charge in [-0.05, 0) is 31.3 Å². The van der Waals surface area contributed by atoms with E-state index in [0.717, 1.165) is 0 Å². The summed E-state index contributed by atoms with van der Waals surface area (Å²) in [7, 11) is -4.34. The first-order chi connectivity index (χ1) is 9.04. The largest absolute Gasteiger partial charge is 0.490 e. The summed E-state index contributed by atoms with van der Waals surface area (Å²) in [4.78, 5) is 10.4. The number of piperidine rings is 1. The van der Waals surface area contributed by atoms with Gasteiger partial charge in [0.1, 0.15) is 0 Å². The first-order valence-corrected chi connectivity index (χ1v) is 7.44. The normalized spacial score (nSPS) is 19.6. The van der Waals surface area contributed by atoms with Crippen LogP contribution in [0.2, 0.25) is 0 Å². The fourth-order valence-corrected chi connectivity index (χ4v) is 2.43. The summed E-state index contributed by atoms with van der Waals surface area (Å²) < 4.78 is 66.6. The van der Waals surface area contributed by atoms with Gasteiger partial charge in [0.15, 0.2) is 0 Å². The van der Waals surface area contributed by atoms with E-state index in [9.17, 15) is 26.4 Å². The molecular formula is C10H16F3NO5S. The topological polar surface area (TPSA) is 81.7 Å². The molecule has 0 atom stereocenters. The number of nitrogens with one attached hydrogen (secondary N) is 1. The number of esters is 1. The lowest BCUT2D eigenvalue weighted by molar-refractivity contribution is -0.197. The highest BCUT2D eigenvalue weighted by Crippen LogP contribution is 2.28. The van der Waals surface area contributed by atoms with Crippen LogP contribution in [0.1, 0.15) is 19.8 Å². The van der Waals surface area contributed by atoms with Crippen LogP contribution in [0.15, 0.2) is 0 Å². The SMILES string of the molecule is CC1(COS(=O)(=O)COC(=O)C(F)(F)F)CCNCC1. The van der Waals surface area contributed by atoms with Crippen LogP contribution in [0.5, 0.6) is 0 Å².